The van der Waals surface area contributed by atoms with Gasteiger partial charge in [-0.05, 0) is 49.4 Å². The molecule has 2 aromatic carbocycles. The van der Waals surface area contributed by atoms with Crippen molar-refractivity contribution in [1.82, 2.24) is 4.98 Å². The van der Waals surface area contributed by atoms with Crippen molar-refractivity contribution in [1.29, 1.82) is 0 Å². The van der Waals surface area contributed by atoms with E-state index in [-0.39, 0.29) is 31.3 Å². The molecule has 0 unspecified atom stereocenters. The van der Waals surface area contributed by atoms with Gasteiger partial charge in [-0.3, -0.25) is 9.59 Å². The standard InChI is InChI=1S/C22H20N2O5S/c1-2-27-16-6-3-14(4-7-16)18(25)8-10-21(26)24-22-23-17(12-30-22)15-5-9-19-20(11-15)29-13-28-19/h3-7,9,11-12H,2,8,10,13H2,1H3,(H,23,24,26). The number of carbonyl (C=O) groups is 2. The summed E-state index contributed by atoms with van der Waals surface area (Å²) in [5.41, 5.74) is 2.17. The average molecular weight is 424 g/mol. The number of carbonyl (C=O) groups excluding carboxylic acids is 2. The molecule has 0 radical (unpaired) electrons. The molecule has 7 nitrogen and oxygen atoms in total. The molecule has 0 saturated heterocycles. The van der Waals surface area contributed by atoms with Gasteiger partial charge in [0.2, 0.25) is 12.7 Å². The summed E-state index contributed by atoms with van der Waals surface area (Å²) in [6.45, 7) is 2.69. The highest BCUT2D eigenvalue weighted by Gasteiger charge is 2.16. The minimum atomic E-state index is -0.249. The SMILES string of the molecule is CCOc1ccc(C(=O)CCC(=O)Nc2nc(-c3ccc4c(c3)OCO4)cs2)cc1. The highest BCUT2D eigenvalue weighted by Crippen LogP contribution is 2.36. The third-order valence-corrected chi connectivity index (χ3v) is 5.24. The topological polar surface area (TPSA) is 86.8 Å². The van der Waals surface area contributed by atoms with E-state index in [0.717, 1.165) is 11.3 Å². The molecule has 3 aromatic rings. The van der Waals surface area contributed by atoms with Crippen molar-refractivity contribution in [3.05, 3.63) is 53.4 Å². The van der Waals surface area contributed by atoms with Crippen molar-refractivity contribution < 1.29 is 23.8 Å². The molecule has 1 aliphatic heterocycles. The monoisotopic (exact) mass is 424 g/mol. The molecular formula is C22H20N2O5S. The summed E-state index contributed by atoms with van der Waals surface area (Å²) in [7, 11) is 0. The molecule has 1 aliphatic rings. The molecule has 0 bridgehead atoms. The van der Waals surface area contributed by atoms with Crippen LogP contribution in [-0.4, -0.2) is 30.1 Å². The Hall–Kier alpha value is -3.39. The second-order valence-corrected chi connectivity index (χ2v) is 7.39. The molecule has 0 spiro atoms. The van der Waals surface area contributed by atoms with Gasteiger partial charge < -0.3 is 19.5 Å². The van der Waals surface area contributed by atoms with Gasteiger partial charge in [0, 0.05) is 29.3 Å². The van der Waals surface area contributed by atoms with Gasteiger partial charge in [-0.1, -0.05) is 0 Å². The highest BCUT2D eigenvalue weighted by molar-refractivity contribution is 7.14. The zero-order chi connectivity index (χ0) is 20.9. The number of anilines is 1. The molecule has 2 heterocycles. The van der Waals surface area contributed by atoms with E-state index >= 15 is 0 Å². The first kappa shape index (κ1) is 19.9. The van der Waals surface area contributed by atoms with Gasteiger partial charge in [0.15, 0.2) is 22.4 Å². The quantitative estimate of drug-likeness (QED) is 0.534. The van der Waals surface area contributed by atoms with Gasteiger partial charge in [0.1, 0.15) is 5.75 Å². The molecule has 0 saturated carbocycles. The van der Waals surface area contributed by atoms with E-state index in [4.69, 9.17) is 14.2 Å². The first-order valence-electron chi connectivity index (χ1n) is 9.54. The molecule has 0 atom stereocenters. The molecule has 8 heteroatoms. The Morgan fingerprint density at radius 2 is 1.90 bits per heavy atom. The van der Waals surface area contributed by atoms with Crippen LogP contribution in [0, 0.1) is 0 Å². The predicted octanol–water partition coefficient (Wildman–Crippen LogP) is 4.54. The fourth-order valence-corrected chi connectivity index (χ4v) is 3.71. The maximum Gasteiger partial charge on any atom is 0.231 e. The van der Waals surface area contributed by atoms with Crippen LogP contribution in [0.4, 0.5) is 5.13 Å². The Morgan fingerprint density at radius 1 is 1.10 bits per heavy atom. The largest absolute Gasteiger partial charge is 0.494 e. The number of ketones is 1. The number of amides is 1. The number of benzene rings is 2. The normalized spacial score (nSPS) is 11.9. The number of Topliss-reactive ketones (excluding diaryl/α,β-unsaturated/α-hetero) is 1. The van der Waals surface area contributed by atoms with Crippen LogP contribution in [0.2, 0.25) is 0 Å². The molecule has 0 aliphatic carbocycles. The second-order valence-electron chi connectivity index (χ2n) is 6.53. The number of thiazole rings is 1. The summed E-state index contributed by atoms with van der Waals surface area (Å²) in [6.07, 6.45) is 0.213. The number of nitrogens with one attached hydrogen (secondary N) is 1. The Morgan fingerprint density at radius 3 is 2.70 bits per heavy atom. The van der Waals surface area contributed by atoms with Crippen LogP contribution in [0.5, 0.6) is 17.2 Å². The van der Waals surface area contributed by atoms with Crippen molar-refractivity contribution >= 4 is 28.2 Å². The maximum atomic E-state index is 12.3. The smallest absolute Gasteiger partial charge is 0.231 e. The van der Waals surface area contributed by atoms with E-state index in [2.05, 4.69) is 10.3 Å². The van der Waals surface area contributed by atoms with Gasteiger partial charge in [-0.2, -0.15) is 0 Å². The predicted molar refractivity (Wildman–Crippen MR) is 113 cm³/mol. The van der Waals surface area contributed by atoms with Gasteiger partial charge >= 0.3 is 0 Å². The van der Waals surface area contributed by atoms with E-state index < -0.39 is 0 Å². The highest BCUT2D eigenvalue weighted by atomic mass is 32.1. The number of rotatable bonds is 8. The van der Waals surface area contributed by atoms with Crippen LogP contribution in [0.1, 0.15) is 30.1 Å². The van der Waals surface area contributed by atoms with E-state index in [9.17, 15) is 9.59 Å². The minimum absolute atomic E-state index is 0.0883. The van der Waals surface area contributed by atoms with Gasteiger partial charge in [0.05, 0.1) is 12.3 Å². The molecule has 0 fully saturated rings. The zero-order valence-electron chi connectivity index (χ0n) is 16.3. The summed E-state index contributed by atoms with van der Waals surface area (Å²) in [5, 5.41) is 5.10. The number of hydrogen-bond donors (Lipinski definition) is 1. The number of hydrogen-bond acceptors (Lipinski definition) is 7. The Labute approximate surface area is 177 Å². The molecular weight excluding hydrogens is 404 g/mol. The summed E-state index contributed by atoms with van der Waals surface area (Å²) < 4.78 is 16.1. The van der Waals surface area contributed by atoms with Crippen LogP contribution in [-0.2, 0) is 4.79 Å². The van der Waals surface area contributed by atoms with Crippen molar-refractivity contribution in [2.24, 2.45) is 0 Å². The first-order chi connectivity index (χ1) is 14.6. The maximum absolute atomic E-state index is 12.3. The van der Waals surface area contributed by atoms with Crippen LogP contribution in [0.25, 0.3) is 11.3 Å². The van der Waals surface area contributed by atoms with E-state index in [1.54, 1.807) is 24.3 Å². The Kier molecular flexibility index (Phi) is 5.94. The van der Waals surface area contributed by atoms with Crippen molar-refractivity contribution in [2.45, 2.75) is 19.8 Å². The van der Waals surface area contributed by atoms with Gasteiger partial charge in [0.25, 0.3) is 0 Å². The fourth-order valence-electron chi connectivity index (χ4n) is 2.98. The molecule has 154 valence electrons. The molecule has 1 amide bonds. The molecule has 1 aromatic heterocycles. The van der Waals surface area contributed by atoms with Crippen molar-refractivity contribution in [3.63, 3.8) is 0 Å². The summed E-state index contributed by atoms with van der Waals surface area (Å²) in [5.74, 6) is 1.77. The lowest BCUT2D eigenvalue weighted by atomic mass is 10.1. The molecule has 30 heavy (non-hydrogen) atoms. The summed E-state index contributed by atoms with van der Waals surface area (Å²) >= 11 is 1.33. The fraction of sp³-hybridized carbons (Fsp3) is 0.227. The van der Waals surface area contributed by atoms with Crippen LogP contribution < -0.4 is 19.5 Å². The minimum Gasteiger partial charge on any atom is -0.494 e. The van der Waals surface area contributed by atoms with E-state index in [0.29, 0.717) is 34.6 Å². The number of ether oxygens (including phenoxy) is 3. The lowest BCUT2D eigenvalue weighted by Gasteiger charge is -2.05. The third kappa shape index (κ3) is 4.60. The Balaban J connectivity index is 1.31. The van der Waals surface area contributed by atoms with Crippen molar-refractivity contribution in [2.75, 3.05) is 18.7 Å². The second kappa shape index (κ2) is 8.96. The van der Waals surface area contributed by atoms with Crippen LogP contribution in [0.15, 0.2) is 47.8 Å². The van der Waals surface area contributed by atoms with Gasteiger partial charge in [-0.15, -0.1) is 11.3 Å². The number of aromatic nitrogens is 1. The lowest BCUT2D eigenvalue weighted by Crippen LogP contribution is -2.13. The molecule has 1 N–H and O–H groups in total. The van der Waals surface area contributed by atoms with E-state index in [1.807, 2.05) is 30.5 Å². The first-order valence-corrected chi connectivity index (χ1v) is 10.4. The lowest BCUT2D eigenvalue weighted by molar-refractivity contribution is -0.116. The third-order valence-electron chi connectivity index (χ3n) is 4.49. The van der Waals surface area contributed by atoms with Crippen LogP contribution >= 0.6 is 11.3 Å². The molecule has 4 rings (SSSR count). The zero-order valence-corrected chi connectivity index (χ0v) is 17.2. The number of fused-ring (bicyclic) bond motifs is 1. The van der Waals surface area contributed by atoms with Crippen molar-refractivity contribution in [3.8, 4) is 28.5 Å². The number of nitrogens with zero attached hydrogens (tertiary/aromatic N) is 1. The Bertz CT molecular complexity index is 1060. The summed E-state index contributed by atoms with van der Waals surface area (Å²) in [4.78, 5) is 29.0. The van der Waals surface area contributed by atoms with E-state index in [1.165, 1.54) is 11.3 Å². The summed E-state index contributed by atoms with van der Waals surface area (Å²) in [6, 6.07) is 12.5. The van der Waals surface area contributed by atoms with Crippen LogP contribution in [0.3, 0.4) is 0 Å². The van der Waals surface area contributed by atoms with Gasteiger partial charge in [-0.25, -0.2) is 4.98 Å². The average Bonchev–Trinajstić information content (AvgIpc) is 3.41.